The van der Waals surface area contributed by atoms with Gasteiger partial charge < -0.3 is 34.2 Å². The predicted molar refractivity (Wildman–Crippen MR) is 226 cm³/mol. The minimum absolute atomic E-state index is 0.00750. The van der Waals surface area contributed by atoms with Gasteiger partial charge in [-0.25, -0.2) is 4.57 Å². The molecule has 12 nitrogen and oxygen atoms in total. The third-order valence-electron chi connectivity index (χ3n) is 10.6. The maximum absolute atomic E-state index is 12.8. The van der Waals surface area contributed by atoms with Crippen LogP contribution >= 0.6 is 7.82 Å². The Kier molecular flexibility index (Phi) is 30.1. The van der Waals surface area contributed by atoms with Crippen LogP contribution in [-0.4, -0.2) is 109 Å². The van der Waals surface area contributed by atoms with E-state index in [0.717, 1.165) is 83.5 Å². The minimum Gasteiger partial charge on any atom is -0.462 e. The number of aliphatic hydroxyl groups excluding tert-OH is 3. The lowest BCUT2D eigenvalue weighted by atomic mass is 9.88. The van der Waals surface area contributed by atoms with Crippen LogP contribution in [0.2, 0.25) is 0 Å². The number of nitrogens with zero attached hydrogens (tertiary/aromatic N) is 1. The average molecular weight is 833 g/mol. The van der Waals surface area contributed by atoms with Crippen molar-refractivity contribution in [2.75, 3.05) is 47.5 Å². The van der Waals surface area contributed by atoms with Crippen molar-refractivity contribution in [3.05, 3.63) is 24.3 Å². The van der Waals surface area contributed by atoms with Crippen LogP contribution in [0.5, 0.6) is 0 Å². The molecule has 0 saturated heterocycles. The van der Waals surface area contributed by atoms with E-state index in [1.807, 2.05) is 27.2 Å². The molecule has 1 saturated carbocycles. The van der Waals surface area contributed by atoms with Gasteiger partial charge in [-0.1, -0.05) is 115 Å². The second-order valence-corrected chi connectivity index (χ2v) is 18.5. The highest BCUT2D eigenvalue weighted by Crippen LogP contribution is 2.43. The monoisotopic (exact) mass is 833 g/mol. The fraction of sp³-hybridized carbons (Fsp3) is 0.864. The van der Waals surface area contributed by atoms with Crippen molar-refractivity contribution in [2.24, 2.45) is 11.8 Å². The molecule has 334 valence electrons. The van der Waals surface area contributed by atoms with E-state index < -0.39 is 50.8 Å². The third-order valence-corrected chi connectivity index (χ3v) is 11.5. The van der Waals surface area contributed by atoms with Crippen molar-refractivity contribution >= 4 is 19.8 Å². The third kappa shape index (κ3) is 29.3. The van der Waals surface area contributed by atoms with Crippen molar-refractivity contribution in [3.8, 4) is 0 Å². The lowest BCUT2D eigenvalue weighted by Crippen LogP contribution is -2.37. The molecule has 1 rings (SSSR count). The maximum Gasteiger partial charge on any atom is 0.472 e. The number of quaternary nitrogens is 1. The van der Waals surface area contributed by atoms with E-state index in [-0.39, 0.29) is 37.9 Å². The summed E-state index contributed by atoms with van der Waals surface area (Å²) in [5.41, 5.74) is 0. The van der Waals surface area contributed by atoms with Crippen LogP contribution in [0.3, 0.4) is 0 Å². The number of rotatable bonds is 36. The first-order valence-corrected chi connectivity index (χ1v) is 23.8. The topological polar surface area (TPSA) is 169 Å². The molecule has 0 aliphatic heterocycles. The molecule has 1 aliphatic carbocycles. The standard InChI is InChI=1S/C44H82NO11P/c1-6-8-10-11-12-13-14-15-16-17-18-19-24-28-43(49)53-35-38(36-55-57(51,52)54-33-32-45(3,4)5)56-44(50)29-25-21-20-23-27-39-40(42(48)34-41(39)47)31-30-37(46)26-22-9-7-2/h13-14,30-31,37-42,46-48H,6-12,15-29,32-36H2,1-5H3/p+1/b14-13-,31-30+/t37-,38+,39+,40+,41-,42+/m0/s1. The molecule has 57 heavy (non-hydrogen) atoms. The number of carbonyl (C=O) groups is 2. The van der Waals surface area contributed by atoms with Crippen LogP contribution in [0.4, 0.5) is 0 Å². The summed E-state index contributed by atoms with van der Waals surface area (Å²) in [7, 11) is 1.34. The summed E-state index contributed by atoms with van der Waals surface area (Å²) in [6.07, 6.45) is 25.7. The molecule has 0 spiro atoms. The number of esters is 2. The SMILES string of the molecule is CCCCCC/C=C\CCCCCCCC(=O)OC[C@H](COP(=O)(O)OCC[N+](C)(C)C)OC(=O)CCCCCC[C@@H]1[C@@H](/C=C/[C@@H](O)CCCCC)[C@H](O)C[C@@H]1O. The largest absolute Gasteiger partial charge is 0.472 e. The maximum atomic E-state index is 12.8. The summed E-state index contributed by atoms with van der Waals surface area (Å²) >= 11 is 0. The Morgan fingerprint density at radius 1 is 0.754 bits per heavy atom. The van der Waals surface area contributed by atoms with Gasteiger partial charge in [0.25, 0.3) is 0 Å². The van der Waals surface area contributed by atoms with Crippen molar-refractivity contribution in [2.45, 2.75) is 186 Å². The molecule has 1 fully saturated rings. The van der Waals surface area contributed by atoms with E-state index in [2.05, 4.69) is 26.0 Å². The van der Waals surface area contributed by atoms with Gasteiger partial charge in [-0.2, -0.15) is 0 Å². The fourth-order valence-corrected chi connectivity index (χ4v) is 7.73. The first kappa shape index (κ1) is 53.4. The van der Waals surface area contributed by atoms with Gasteiger partial charge in [0, 0.05) is 25.2 Å². The molecular weight excluding hydrogens is 749 g/mol. The summed E-state index contributed by atoms with van der Waals surface area (Å²) in [5.74, 6) is -1.24. The van der Waals surface area contributed by atoms with Crippen LogP contribution in [-0.2, 0) is 32.7 Å². The van der Waals surface area contributed by atoms with Crippen molar-refractivity contribution in [1.29, 1.82) is 0 Å². The highest BCUT2D eigenvalue weighted by Gasteiger charge is 2.39. The number of phosphoric ester groups is 1. The lowest BCUT2D eigenvalue weighted by Gasteiger charge is -2.24. The van der Waals surface area contributed by atoms with Gasteiger partial charge in [-0.3, -0.25) is 18.6 Å². The smallest absolute Gasteiger partial charge is 0.462 e. The number of aliphatic hydroxyl groups is 3. The van der Waals surface area contributed by atoms with Gasteiger partial charge in [-0.15, -0.1) is 0 Å². The first-order valence-electron chi connectivity index (χ1n) is 22.3. The molecule has 0 heterocycles. The van der Waals surface area contributed by atoms with Crippen molar-refractivity contribution in [1.82, 2.24) is 0 Å². The second kappa shape index (κ2) is 32.2. The number of allylic oxidation sites excluding steroid dienone is 2. The van der Waals surface area contributed by atoms with E-state index in [0.29, 0.717) is 36.7 Å². The van der Waals surface area contributed by atoms with E-state index in [1.165, 1.54) is 25.7 Å². The van der Waals surface area contributed by atoms with E-state index in [9.17, 15) is 34.4 Å². The normalized spacial score (nSPS) is 20.9. The number of hydrogen-bond acceptors (Lipinski definition) is 10. The number of phosphoric acid groups is 1. The molecule has 7 atom stereocenters. The Hall–Kier alpha value is -1.63. The molecule has 0 aromatic heterocycles. The van der Waals surface area contributed by atoms with E-state index in [4.69, 9.17) is 18.5 Å². The molecule has 1 aliphatic rings. The number of hydrogen-bond donors (Lipinski definition) is 4. The summed E-state index contributed by atoms with van der Waals surface area (Å²) in [6.45, 7) is 4.05. The molecule has 1 unspecified atom stereocenters. The highest BCUT2D eigenvalue weighted by molar-refractivity contribution is 7.47. The molecule has 0 bridgehead atoms. The van der Waals surface area contributed by atoms with Crippen LogP contribution in [0, 0.1) is 11.8 Å². The van der Waals surface area contributed by atoms with E-state index in [1.54, 1.807) is 6.08 Å². The quantitative estimate of drug-likeness (QED) is 0.0157. The molecule has 0 aromatic rings. The number of ether oxygens (including phenoxy) is 2. The van der Waals surface area contributed by atoms with Crippen molar-refractivity contribution in [3.63, 3.8) is 0 Å². The Labute approximate surface area is 346 Å². The van der Waals surface area contributed by atoms with Gasteiger partial charge in [0.2, 0.25) is 0 Å². The minimum atomic E-state index is -4.43. The Bertz CT molecular complexity index is 1140. The predicted octanol–water partition coefficient (Wildman–Crippen LogP) is 8.73. The van der Waals surface area contributed by atoms with Gasteiger partial charge >= 0.3 is 19.8 Å². The average Bonchev–Trinajstić information content (AvgIpc) is 3.41. The number of likely N-dealkylation sites (N-methyl/N-ethyl adjacent to an activating group) is 1. The zero-order chi connectivity index (χ0) is 42.4. The zero-order valence-electron chi connectivity index (χ0n) is 36.4. The Morgan fingerprint density at radius 3 is 1.98 bits per heavy atom. The van der Waals surface area contributed by atoms with Crippen molar-refractivity contribution < 1.29 is 57.4 Å². The van der Waals surface area contributed by atoms with Crippen LogP contribution in [0.15, 0.2) is 24.3 Å². The van der Waals surface area contributed by atoms with Gasteiger partial charge in [-0.05, 0) is 57.3 Å². The van der Waals surface area contributed by atoms with Gasteiger partial charge in [0.05, 0.1) is 46.1 Å². The van der Waals surface area contributed by atoms with Gasteiger partial charge in [0.1, 0.15) is 19.8 Å². The molecule has 0 amide bonds. The summed E-state index contributed by atoms with van der Waals surface area (Å²) < 4.78 is 34.3. The number of unbranched alkanes of at least 4 members (excludes halogenated alkanes) is 14. The Morgan fingerprint density at radius 2 is 1.33 bits per heavy atom. The summed E-state index contributed by atoms with van der Waals surface area (Å²) in [6, 6.07) is 0. The second-order valence-electron chi connectivity index (χ2n) is 17.0. The lowest BCUT2D eigenvalue weighted by molar-refractivity contribution is -0.870. The molecule has 4 N–H and O–H groups in total. The van der Waals surface area contributed by atoms with E-state index >= 15 is 0 Å². The summed E-state index contributed by atoms with van der Waals surface area (Å²) in [5, 5.41) is 31.4. The van der Waals surface area contributed by atoms with Crippen LogP contribution in [0.25, 0.3) is 0 Å². The highest BCUT2D eigenvalue weighted by atomic mass is 31.2. The zero-order valence-corrected chi connectivity index (χ0v) is 37.3. The van der Waals surface area contributed by atoms with Crippen LogP contribution in [0.1, 0.15) is 162 Å². The fourth-order valence-electron chi connectivity index (χ4n) is 6.99. The van der Waals surface area contributed by atoms with Crippen LogP contribution < -0.4 is 0 Å². The first-order chi connectivity index (χ1) is 27.2. The Balaban J connectivity index is 2.49. The van der Waals surface area contributed by atoms with Gasteiger partial charge in [0.15, 0.2) is 6.10 Å². The molecule has 13 heteroatoms. The summed E-state index contributed by atoms with van der Waals surface area (Å²) in [4.78, 5) is 35.5. The molecule has 0 aromatic carbocycles. The molecule has 0 radical (unpaired) electrons. The number of carbonyl (C=O) groups excluding carboxylic acids is 2. The molecular formula is C44H83NO11P+.